The second kappa shape index (κ2) is 16.1. The predicted octanol–water partition coefficient (Wildman–Crippen LogP) is 16.7. The van der Waals surface area contributed by atoms with Crippen LogP contribution in [0, 0.1) is 0 Å². The van der Waals surface area contributed by atoms with Crippen LogP contribution in [0.1, 0.15) is 48.8 Å². The van der Waals surface area contributed by atoms with E-state index >= 15 is 0 Å². The van der Waals surface area contributed by atoms with Crippen LogP contribution in [0.4, 0.5) is 28.4 Å². The van der Waals surface area contributed by atoms with E-state index < -0.39 is 0 Å². The Morgan fingerprint density at radius 3 is 1.83 bits per heavy atom. The molecule has 2 heterocycles. The lowest BCUT2D eigenvalue weighted by molar-refractivity contribution is 0.381. The van der Waals surface area contributed by atoms with E-state index in [0.29, 0.717) is 0 Å². The maximum Gasteiger partial charge on any atom is 0.143 e. The molecule has 2 atom stereocenters. The smallest absolute Gasteiger partial charge is 0.143 e. The number of rotatable bonds is 9. The van der Waals surface area contributed by atoms with Crippen molar-refractivity contribution in [2.45, 2.75) is 44.1 Å². The minimum Gasteiger partial charge on any atom is -0.464 e. The van der Waals surface area contributed by atoms with Gasteiger partial charge in [0.05, 0.1) is 11.5 Å². The summed E-state index contributed by atoms with van der Waals surface area (Å²) in [4.78, 5) is 4.79. The van der Waals surface area contributed by atoms with Crippen molar-refractivity contribution in [3.05, 3.63) is 235 Å². The van der Waals surface area contributed by atoms with Crippen molar-refractivity contribution in [3.63, 3.8) is 0 Å². The number of anilines is 5. The molecule has 0 aliphatic heterocycles. The third-order valence-corrected chi connectivity index (χ3v) is 13.7. The first kappa shape index (κ1) is 38.8. The van der Waals surface area contributed by atoms with Crippen molar-refractivity contribution in [1.82, 2.24) is 0 Å². The lowest BCUT2D eigenvalue weighted by Crippen LogP contribution is -2.32. The van der Waals surface area contributed by atoms with Crippen LogP contribution < -0.4 is 9.80 Å². The Kier molecular flexibility index (Phi) is 9.60. The third-order valence-electron chi connectivity index (χ3n) is 13.7. The van der Waals surface area contributed by atoms with Crippen LogP contribution in [-0.4, -0.2) is 6.04 Å². The van der Waals surface area contributed by atoms with Gasteiger partial charge in [-0.3, -0.25) is 0 Å². The van der Waals surface area contributed by atoms with Gasteiger partial charge in [-0.2, -0.15) is 0 Å². The minimum absolute atomic E-state index is 0.165. The van der Waals surface area contributed by atoms with Gasteiger partial charge in [-0.05, 0) is 115 Å². The summed E-state index contributed by atoms with van der Waals surface area (Å²) in [6.07, 6.45) is 20.2. The highest BCUT2D eigenvalue weighted by Crippen LogP contribution is 2.48. The number of furan rings is 2. The minimum atomic E-state index is -0.194. The molecule has 3 aliphatic carbocycles. The molecular formula is C61H48N2O2. The van der Waals surface area contributed by atoms with Crippen molar-refractivity contribution in [2.75, 3.05) is 9.80 Å². The van der Waals surface area contributed by atoms with Crippen molar-refractivity contribution in [1.29, 1.82) is 0 Å². The summed E-state index contributed by atoms with van der Waals surface area (Å²) < 4.78 is 13.0. The summed E-state index contributed by atoms with van der Waals surface area (Å²) in [5.41, 5.74) is 15.7. The number of hydrogen-bond acceptors (Lipinski definition) is 4. The van der Waals surface area contributed by atoms with Gasteiger partial charge in [-0.15, -0.1) is 0 Å². The third kappa shape index (κ3) is 6.85. The van der Waals surface area contributed by atoms with E-state index in [1.54, 1.807) is 0 Å². The molecule has 0 saturated carbocycles. The maximum atomic E-state index is 6.66. The van der Waals surface area contributed by atoms with Crippen LogP contribution in [0.3, 0.4) is 0 Å². The Labute approximate surface area is 380 Å². The molecule has 3 aliphatic rings. The van der Waals surface area contributed by atoms with Crippen molar-refractivity contribution >= 4 is 62.5 Å². The van der Waals surface area contributed by atoms with Crippen LogP contribution >= 0.6 is 0 Å². The summed E-state index contributed by atoms with van der Waals surface area (Å²) in [6, 6.07) is 63.0. The largest absolute Gasteiger partial charge is 0.464 e. The number of benzene rings is 7. The fourth-order valence-electron chi connectivity index (χ4n) is 10.4. The molecule has 2 aromatic heterocycles. The molecular weight excluding hydrogens is 793 g/mol. The molecule has 4 nitrogen and oxygen atoms in total. The van der Waals surface area contributed by atoms with Crippen molar-refractivity contribution < 1.29 is 8.83 Å². The van der Waals surface area contributed by atoms with E-state index in [1.165, 1.54) is 33.5 Å². The maximum absolute atomic E-state index is 6.66. The zero-order chi connectivity index (χ0) is 43.3. The van der Waals surface area contributed by atoms with Gasteiger partial charge in [0.15, 0.2) is 0 Å². The average Bonchev–Trinajstić information content (AvgIpc) is 3.96. The number of nitrogens with zero attached hydrogens (tertiary/aromatic N) is 2. The predicted molar refractivity (Wildman–Crippen MR) is 271 cm³/mol. The van der Waals surface area contributed by atoms with E-state index in [1.807, 2.05) is 12.1 Å². The number of hydrogen-bond donors (Lipinski definition) is 0. The van der Waals surface area contributed by atoms with Gasteiger partial charge >= 0.3 is 0 Å². The molecule has 0 bridgehead atoms. The molecule has 9 aromatic rings. The van der Waals surface area contributed by atoms with Gasteiger partial charge in [0.25, 0.3) is 0 Å². The van der Waals surface area contributed by atoms with Crippen molar-refractivity contribution in [3.8, 4) is 22.3 Å². The molecule has 2 unspecified atom stereocenters. The first-order valence-electron chi connectivity index (χ1n) is 22.9. The zero-order valence-electron chi connectivity index (χ0n) is 36.4. The van der Waals surface area contributed by atoms with Gasteiger partial charge in [0, 0.05) is 62.3 Å². The summed E-state index contributed by atoms with van der Waals surface area (Å²) >= 11 is 0. The Morgan fingerprint density at radius 1 is 0.523 bits per heavy atom. The quantitative estimate of drug-likeness (QED) is 0.145. The van der Waals surface area contributed by atoms with E-state index in [0.717, 1.165) is 93.0 Å². The number of aryl methyl sites for hydroxylation is 1. The van der Waals surface area contributed by atoms with E-state index in [9.17, 15) is 0 Å². The van der Waals surface area contributed by atoms with Gasteiger partial charge in [0.1, 0.15) is 22.7 Å². The molecule has 314 valence electrons. The van der Waals surface area contributed by atoms with Crippen molar-refractivity contribution in [2.24, 2.45) is 0 Å². The Morgan fingerprint density at radius 2 is 1.12 bits per heavy atom. The van der Waals surface area contributed by atoms with E-state index in [2.05, 4.69) is 223 Å². The van der Waals surface area contributed by atoms with Crippen LogP contribution in [-0.2, 0) is 11.8 Å². The molecule has 12 rings (SSSR count). The van der Waals surface area contributed by atoms with Gasteiger partial charge in [0.2, 0.25) is 0 Å². The van der Waals surface area contributed by atoms with Crippen LogP contribution in [0.25, 0.3) is 56.3 Å². The highest BCUT2D eigenvalue weighted by Gasteiger charge is 2.39. The molecule has 4 heteroatoms. The van der Waals surface area contributed by atoms with E-state index in [4.69, 9.17) is 8.83 Å². The Balaban J connectivity index is 0.808. The average molecular weight is 841 g/mol. The first-order chi connectivity index (χ1) is 32.1. The summed E-state index contributed by atoms with van der Waals surface area (Å²) in [5, 5.41) is 2.28. The van der Waals surface area contributed by atoms with Crippen LogP contribution in [0.2, 0.25) is 0 Å². The molecule has 0 amide bonds. The topological polar surface area (TPSA) is 32.8 Å². The Bertz CT molecular complexity index is 3310. The van der Waals surface area contributed by atoms with Crippen LogP contribution in [0.15, 0.2) is 221 Å². The number of para-hydroxylation sites is 4. The fraction of sp³-hybridized carbons (Fsp3) is 0.115. The molecule has 0 N–H and O–H groups in total. The van der Waals surface area contributed by atoms with E-state index in [-0.39, 0.29) is 11.5 Å². The van der Waals surface area contributed by atoms with Crippen LogP contribution in [0.5, 0.6) is 0 Å². The fourth-order valence-corrected chi connectivity index (χ4v) is 10.4. The lowest BCUT2D eigenvalue weighted by Gasteiger charge is -2.37. The first-order valence-corrected chi connectivity index (χ1v) is 22.9. The monoisotopic (exact) mass is 840 g/mol. The summed E-state index contributed by atoms with van der Waals surface area (Å²) in [5.74, 6) is 2.25. The molecule has 0 saturated heterocycles. The second-order valence-corrected chi connectivity index (χ2v) is 17.7. The number of fused-ring (bicyclic) bond motifs is 6. The zero-order valence-corrected chi connectivity index (χ0v) is 36.4. The standard InChI is InChI=1S/C61H48N2O2/c1-61(41-13-22-56-54-19-9-11-24-58(54)65-60(56)61)45-31-39-51(40-32-45)63(47-16-6-3-7-17-47)49-35-27-43(28-36-49)42-25-33-48(34-26-42)62(46-14-4-2-5-15-46)50-37-29-44(30-38-50)52-20-12-21-55-53-18-8-10-23-57(53)64-59(52)55/h2-10,12-23,25-39,51H,11,24,40-41H2,1H3. The molecule has 65 heavy (non-hydrogen) atoms. The van der Waals surface area contributed by atoms with Gasteiger partial charge < -0.3 is 18.6 Å². The van der Waals surface area contributed by atoms with Gasteiger partial charge in [-0.1, -0.05) is 152 Å². The SMILES string of the molecule is CC1(C2=CCC(N(c3ccccc3)c3ccc(-c4ccc(N(c5ccccc5)c5ccc(-c6cccc7c6oc6ccccc67)cc5)cc4)cc3)C=C2)CC=Cc2c1oc1c2C=CCC1. The lowest BCUT2D eigenvalue weighted by atomic mass is 9.71. The molecule has 7 aromatic carbocycles. The molecule has 0 radical (unpaired) electrons. The molecule has 0 spiro atoms. The van der Waals surface area contributed by atoms with Gasteiger partial charge in [-0.25, -0.2) is 0 Å². The normalized spacial score (nSPS) is 17.5. The Hall–Kier alpha value is -7.82. The highest BCUT2D eigenvalue weighted by atomic mass is 16.3. The summed E-state index contributed by atoms with van der Waals surface area (Å²) in [7, 11) is 0. The number of allylic oxidation sites excluding steroid dienone is 4. The molecule has 0 fully saturated rings. The highest BCUT2D eigenvalue weighted by molar-refractivity contribution is 6.09. The second-order valence-electron chi connectivity index (χ2n) is 17.7. The summed E-state index contributed by atoms with van der Waals surface area (Å²) in [6.45, 7) is 2.35.